The third-order valence-corrected chi connectivity index (χ3v) is 3.95. The van der Waals surface area contributed by atoms with E-state index < -0.39 is 35.1 Å². The zero-order chi connectivity index (χ0) is 16.3. The molecule has 122 valence electrons. The summed E-state index contributed by atoms with van der Waals surface area (Å²) in [5, 5.41) is 12.2. The quantitative estimate of drug-likeness (QED) is 0.838. The van der Waals surface area contributed by atoms with E-state index in [2.05, 4.69) is 5.32 Å². The fraction of sp³-hybridized carbons (Fsp3) is 0.533. The second-order valence-corrected chi connectivity index (χ2v) is 5.51. The van der Waals surface area contributed by atoms with Crippen LogP contribution in [0.3, 0.4) is 0 Å². The van der Waals surface area contributed by atoms with E-state index in [1.165, 1.54) is 0 Å². The average molecular weight is 319 g/mol. The molecule has 0 aliphatic heterocycles. The minimum atomic E-state index is -4.65. The van der Waals surface area contributed by atoms with Gasteiger partial charge >= 0.3 is 6.18 Å². The van der Waals surface area contributed by atoms with Gasteiger partial charge in [0.2, 0.25) is 0 Å². The number of amides is 1. The lowest BCUT2D eigenvalue weighted by molar-refractivity contribution is -0.137. The molecule has 1 saturated carbocycles. The molecule has 0 saturated heterocycles. The summed E-state index contributed by atoms with van der Waals surface area (Å²) in [4.78, 5) is 11.8. The molecule has 1 amide bonds. The highest BCUT2D eigenvalue weighted by molar-refractivity contribution is 5.94. The predicted octanol–water partition coefficient (Wildman–Crippen LogP) is 3.13. The molecule has 0 heterocycles. The summed E-state index contributed by atoms with van der Waals surface area (Å²) in [7, 11) is 0. The third-order valence-electron chi connectivity index (χ3n) is 3.95. The highest BCUT2D eigenvalue weighted by Gasteiger charge is 2.32. The molecule has 0 aromatic heterocycles. The highest BCUT2D eigenvalue weighted by atomic mass is 19.4. The summed E-state index contributed by atoms with van der Waals surface area (Å²) < 4.78 is 51.3. The Morgan fingerprint density at radius 2 is 1.95 bits per heavy atom. The Kier molecular flexibility index (Phi) is 5.05. The number of hydrogen-bond acceptors (Lipinski definition) is 2. The maximum atomic E-state index is 13.5. The van der Waals surface area contributed by atoms with Crippen molar-refractivity contribution in [3.63, 3.8) is 0 Å². The Bertz CT molecular complexity index is 539. The number of nitrogens with one attached hydrogen (secondary N) is 1. The molecule has 22 heavy (non-hydrogen) atoms. The van der Waals surface area contributed by atoms with E-state index in [1.54, 1.807) is 0 Å². The lowest BCUT2D eigenvalue weighted by Gasteiger charge is -2.18. The summed E-state index contributed by atoms with van der Waals surface area (Å²) >= 11 is 0. The van der Waals surface area contributed by atoms with Crippen molar-refractivity contribution in [3.05, 3.63) is 35.1 Å². The molecule has 1 unspecified atom stereocenters. The second-order valence-electron chi connectivity index (χ2n) is 5.51. The van der Waals surface area contributed by atoms with Crippen molar-refractivity contribution in [3.8, 4) is 0 Å². The monoisotopic (exact) mass is 319 g/mol. The molecule has 1 fully saturated rings. The van der Waals surface area contributed by atoms with Crippen LogP contribution in [0.2, 0.25) is 0 Å². The molecular formula is C15H17F4NO2. The van der Waals surface area contributed by atoms with Crippen LogP contribution in [0.15, 0.2) is 18.2 Å². The summed E-state index contributed by atoms with van der Waals surface area (Å²) in [5.41, 5.74) is -1.76. The van der Waals surface area contributed by atoms with Gasteiger partial charge in [-0.05, 0) is 37.0 Å². The van der Waals surface area contributed by atoms with Crippen LogP contribution in [-0.2, 0) is 6.18 Å². The number of alkyl halides is 3. The van der Waals surface area contributed by atoms with E-state index in [9.17, 15) is 27.5 Å². The van der Waals surface area contributed by atoms with Crippen molar-refractivity contribution in [2.75, 3.05) is 6.54 Å². The topological polar surface area (TPSA) is 49.3 Å². The fourth-order valence-corrected chi connectivity index (χ4v) is 2.68. The number of hydrogen-bond donors (Lipinski definition) is 2. The molecule has 1 aromatic carbocycles. The first-order chi connectivity index (χ1) is 10.3. The summed E-state index contributed by atoms with van der Waals surface area (Å²) in [5.74, 6) is -1.91. The highest BCUT2D eigenvalue weighted by Crippen LogP contribution is 2.30. The van der Waals surface area contributed by atoms with Crippen LogP contribution in [0.4, 0.5) is 17.6 Å². The van der Waals surface area contributed by atoms with Gasteiger partial charge in [-0.15, -0.1) is 0 Å². The van der Waals surface area contributed by atoms with Gasteiger partial charge in [-0.1, -0.05) is 12.8 Å². The normalized spacial score (nSPS) is 17.5. The number of carbonyl (C=O) groups excluding carboxylic acids is 1. The maximum absolute atomic E-state index is 13.5. The van der Waals surface area contributed by atoms with E-state index in [-0.39, 0.29) is 12.5 Å². The number of carbonyl (C=O) groups is 1. The van der Waals surface area contributed by atoms with Gasteiger partial charge in [0.1, 0.15) is 5.82 Å². The van der Waals surface area contributed by atoms with Crippen LogP contribution < -0.4 is 5.32 Å². The maximum Gasteiger partial charge on any atom is 0.416 e. The van der Waals surface area contributed by atoms with Gasteiger partial charge in [0, 0.05) is 6.54 Å². The van der Waals surface area contributed by atoms with E-state index in [0.717, 1.165) is 25.7 Å². The Morgan fingerprint density at radius 3 is 2.55 bits per heavy atom. The van der Waals surface area contributed by atoms with Gasteiger partial charge in [-0.3, -0.25) is 4.79 Å². The zero-order valence-electron chi connectivity index (χ0n) is 11.8. The fourth-order valence-electron chi connectivity index (χ4n) is 2.68. The van der Waals surface area contributed by atoms with Gasteiger partial charge in [0.25, 0.3) is 5.91 Å². The van der Waals surface area contributed by atoms with E-state index in [0.29, 0.717) is 18.2 Å². The standard InChI is InChI=1S/C15H17F4NO2/c16-12-6-5-10(15(17,18)19)7-11(12)14(22)20-8-13(21)9-3-1-2-4-9/h5-7,9,13,21H,1-4,8H2,(H,20,22). The number of rotatable bonds is 4. The lowest BCUT2D eigenvalue weighted by Crippen LogP contribution is -2.36. The van der Waals surface area contributed by atoms with Crippen LogP contribution in [0.25, 0.3) is 0 Å². The minimum Gasteiger partial charge on any atom is -0.391 e. The Hall–Kier alpha value is -1.63. The molecule has 0 spiro atoms. The Morgan fingerprint density at radius 1 is 1.32 bits per heavy atom. The summed E-state index contributed by atoms with van der Waals surface area (Å²) in [6, 6.07) is 1.68. The van der Waals surface area contributed by atoms with Gasteiger partial charge in [-0.2, -0.15) is 13.2 Å². The van der Waals surface area contributed by atoms with Gasteiger partial charge < -0.3 is 10.4 Å². The first-order valence-electron chi connectivity index (χ1n) is 7.12. The van der Waals surface area contributed by atoms with Crippen LogP contribution in [0, 0.1) is 11.7 Å². The largest absolute Gasteiger partial charge is 0.416 e. The first-order valence-corrected chi connectivity index (χ1v) is 7.12. The van der Waals surface area contributed by atoms with Crippen LogP contribution >= 0.6 is 0 Å². The smallest absolute Gasteiger partial charge is 0.391 e. The van der Waals surface area contributed by atoms with Crippen molar-refractivity contribution < 1.29 is 27.5 Å². The van der Waals surface area contributed by atoms with Crippen molar-refractivity contribution in [2.45, 2.75) is 38.0 Å². The molecule has 2 N–H and O–H groups in total. The second kappa shape index (κ2) is 6.64. The molecule has 1 atom stereocenters. The number of benzene rings is 1. The number of halogens is 4. The van der Waals surface area contributed by atoms with Gasteiger partial charge in [0.15, 0.2) is 0 Å². The Balaban J connectivity index is 2.02. The van der Waals surface area contributed by atoms with E-state index in [1.807, 2.05) is 0 Å². The van der Waals surface area contributed by atoms with Crippen molar-refractivity contribution in [1.29, 1.82) is 0 Å². The molecule has 3 nitrogen and oxygen atoms in total. The molecular weight excluding hydrogens is 302 g/mol. The lowest BCUT2D eigenvalue weighted by atomic mass is 10.0. The minimum absolute atomic E-state index is 0.0756. The molecule has 7 heteroatoms. The first kappa shape index (κ1) is 16.7. The van der Waals surface area contributed by atoms with E-state index in [4.69, 9.17) is 0 Å². The van der Waals surface area contributed by atoms with Gasteiger partial charge in [0.05, 0.1) is 17.2 Å². The van der Waals surface area contributed by atoms with Crippen molar-refractivity contribution >= 4 is 5.91 Å². The third kappa shape index (κ3) is 3.97. The van der Waals surface area contributed by atoms with Crippen molar-refractivity contribution in [1.82, 2.24) is 5.32 Å². The summed E-state index contributed by atoms with van der Waals surface area (Å²) in [6.07, 6.45) is -1.67. The SMILES string of the molecule is O=C(NCC(O)C1CCCC1)c1cc(C(F)(F)F)ccc1F. The molecule has 1 aliphatic carbocycles. The predicted molar refractivity (Wildman–Crippen MR) is 71.7 cm³/mol. The molecule has 2 rings (SSSR count). The number of aliphatic hydroxyl groups is 1. The molecule has 0 bridgehead atoms. The summed E-state index contributed by atoms with van der Waals surface area (Å²) in [6.45, 7) is -0.0980. The van der Waals surface area contributed by atoms with Crippen LogP contribution in [0.5, 0.6) is 0 Å². The molecule has 1 aromatic rings. The van der Waals surface area contributed by atoms with Crippen LogP contribution in [-0.4, -0.2) is 23.7 Å². The zero-order valence-corrected chi connectivity index (χ0v) is 11.8. The molecule has 1 aliphatic rings. The Labute approximate surface area is 125 Å². The van der Waals surface area contributed by atoms with Crippen molar-refractivity contribution in [2.24, 2.45) is 5.92 Å². The average Bonchev–Trinajstić information content (AvgIpc) is 2.97. The van der Waals surface area contributed by atoms with E-state index >= 15 is 0 Å². The van der Waals surface area contributed by atoms with Gasteiger partial charge in [-0.25, -0.2) is 4.39 Å². The molecule has 0 radical (unpaired) electrons. The van der Waals surface area contributed by atoms with Crippen LogP contribution in [0.1, 0.15) is 41.6 Å². The number of aliphatic hydroxyl groups excluding tert-OH is 1.